The van der Waals surface area contributed by atoms with Crippen molar-refractivity contribution in [2.75, 3.05) is 24.7 Å². The summed E-state index contributed by atoms with van der Waals surface area (Å²) < 4.78 is 28.5. The molecule has 0 aliphatic carbocycles. The Morgan fingerprint density at radius 1 is 1.24 bits per heavy atom. The van der Waals surface area contributed by atoms with E-state index in [1.54, 1.807) is 31.2 Å². The lowest BCUT2D eigenvalue weighted by Crippen LogP contribution is -2.43. The molecular formula is C21H21ClN2O7S2. The Bertz CT molecular complexity index is 1170. The Hall–Kier alpha value is -2.63. The minimum Gasteiger partial charge on any atom is -0.452 e. The third-order valence-electron chi connectivity index (χ3n) is 5.07. The van der Waals surface area contributed by atoms with Crippen molar-refractivity contribution < 1.29 is 27.7 Å². The Labute approximate surface area is 200 Å². The number of amides is 1. The second-order valence-corrected chi connectivity index (χ2v) is 11.1. The van der Waals surface area contributed by atoms with Gasteiger partial charge >= 0.3 is 5.97 Å². The van der Waals surface area contributed by atoms with Crippen molar-refractivity contribution >= 4 is 50.8 Å². The SMILES string of the molecule is CCN(C(=O)COC(=O)c1ccc(Sc2ccc(Cl)cc2)c([N+](=O)[O-])c1)[C@H]1CCS(=O)(=O)C1. The van der Waals surface area contributed by atoms with E-state index in [9.17, 15) is 28.1 Å². The highest BCUT2D eigenvalue weighted by molar-refractivity contribution is 7.99. The Kier molecular flexibility index (Phi) is 7.98. The molecule has 2 aromatic rings. The number of carbonyl (C=O) groups is 2. The van der Waals surface area contributed by atoms with Gasteiger partial charge in [0.15, 0.2) is 16.4 Å². The van der Waals surface area contributed by atoms with Crippen LogP contribution in [0.2, 0.25) is 5.02 Å². The minimum absolute atomic E-state index is 0.0191. The summed E-state index contributed by atoms with van der Waals surface area (Å²) in [7, 11) is -3.17. The van der Waals surface area contributed by atoms with Crippen molar-refractivity contribution in [1.82, 2.24) is 4.90 Å². The first-order valence-corrected chi connectivity index (χ1v) is 13.0. The lowest BCUT2D eigenvalue weighted by Gasteiger charge is -2.26. The van der Waals surface area contributed by atoms with Crippen LogP contribution in [-0.4, -0.2) is 60.8 Å². The molecule has 0 spiro atoms. The van der Waals surface area contributed by atoms with Crippen molar-refractivity contribution in [3.05, 3.63) is 63.2 Å². The van der Waals surface area contributed by atoms with Crippen molar-refractivity contribution in [2.45, 2.75) is 29.2 Å². The number of sulfone groups is 1. The van der Waals surface area contributed by atoms with Crippen LogP contribution in [0.15, 0.2) is 52.3 Å². The van der Waals surface area contributed by atoms with Gasteiger partial charge in [0.2, 0.25) is 0 Å². The molecule has 1 fully saturated rings. The number of ether oxygens (including phenoxy) is 1. The zero-order valence-electron chi connectivity index (χ0n) is 17.6. The average molecular weight is 513 g/mol. The molecule has 12 heteroatoms. The van der Waals surface area contributed by atoms with Crippen LogP contribution in [0.5, 0.6) is 0 Å². The molecule has 1 amide bonds. The Morgan fingerprint density at radius 2 is 1.94 bits per heavy atom. The molecule has 1 aliphatic heterocycles. The van der Waals surface area contributed by atoms with Gasteiger partial charge in [0.25, 0.3) is 11.6 Å². The number of nitro groups is 1. The van der Waals surface area contributed by atoms with Gasteiger partial charge in [-0.15, -0.1) is 0 Å². The predicted molar refractivity (Wildman–Crippen MR) is 123 cm³/mol. The summed E-state index contributed by atoms with van der Waals surface area (Å²) in [6.45, 7) is 1.40. The maximum Gasteiger partial charge on any atom is 0.338 e. The van der Waals surface area contributed by atoms with Crippen LogP contribution in [0.3, 0.4) is 0 Å². The zero-order valence-corrected chi connectivity index (χ0v) is 20.0. The second kappa shape index (κ2) is 10.5. The molecule has 1 heterocycles. The van der Waals surface area contributed by atoms with Crippen molar-refractivity contribution in [3.8, 4) is 0 Å². The molecular weight excluding hydrogens is 492 g/mol. The number of esters is 1. The number of rotatable bonds is 8. The highest BCUT2D eigenvalue weighted by Gasteiger charge is 2.34. The summed E-state index contributed by atoms with van der Waals surface area (Å²) in [4.78, 5) is 38.3. The highest BCUT2D eigenvalue weighted by Crippen LogP contribution is 2.36. The van der Waals surface area contributed by atoms with Crippen LogP contribution < -0.4 is 0 Å². The van der Waals surface area contributed by atoms with E-state index in [2.05, 4.69) is 0 Å². The fourth-order valence-electron chi connectivity index (χ4n) is 3.46. The molecule has 0 aromatic heterocycles. The first-order chi connectivity index (χ1) is 15.6. The topological polar surface area (TPSA) is 124 Å². The highest BCUT2D eigenvalue weighted by atomic mass is 35.5. The molecule has 176 valence electrons. The zero-order chi connectivity index (χ0) is 24.2. The van der Waals surface area contributed by atoms with Crippen LogP contribution in [0.1, 0.15) is 23.7 Å². The van der Waals surface area contributed by atoms with Gasteiger partial charge in [-0.05, 0) is 49.7 Å². The van der Waals surface area contributed by atoms with E-state index < -0.39 is 39.3 Å². The molecule has 2 aromatic carbocycles. The van der Waals surface area contributed by atoms with Crippen LogP contribution in [0, 0.1) is 10.1 Å². The van der Waals surface area contributed by atoms with Gasteiger partial charge in [-0.25, -0.2) is 13.2 Å². The molecule has 1 atom stereocenters. The van der Waals surface area contributed by atoms with Crippen molar-refractivity contribution in [2.24, 2.45) is 0 Å². The largest absolute Gasteiger partial charge is 0.452 e. The molecule has 0 saturated carbocycles. The average Bonchev–Trinajstić information content (AvgIpc) is 3.13. The predicted octanol–water partition coefficient (Wildman–Crippen LogP) is 3.59. The number of hydrogen-bond acceptors (Lipinski definition) is 8. The van der Waals surface area contributed by atoms with Gasteiger partial charge in [0.1, 0.15) is 0 Å². The Morgan fingerprint density at radius 3 is 2.52 bits per heavy atom. The molecule has 9 nitrogen and oxygen atoms in total. The maximum absolute atomic E-state index is 12.5. The van der Waals surface area contributed by atoms with E-state index in [1.807, 2.05) is 0 Å². The van der Waals surface area contributed by atoms with Crippen molar-refractivity contribution in [3.63, 3.8) is 0 Å². The lowest BCUT2D eigenvalue weighted by molar-refractivity contribution is -0.387. The molecule has 0 N–H and O–H groups in total. The second-order valence-electron chi connectivity index (χ2n) is 7.31. The third-order valence-corrected chi connectivity index (χ3v) is 8.15. The fraction of sp³-hybridized carbons (Fsp3) is 0.333. The summed E-state index contributed by atoms with van der Waals surface area (Å²) in [5.41, 5.74) is -0.344. The van der Waals surface area contributed by atoms with Gasteiger partial charge in [-0.1, -0.05) is 23.4 Å². The number of nitrogens with zero attached hydrogens (tertiary/aromatic N) is 2. The summed E-state index contributed by atoms with van der Waals surface area (Å²) in [5.74, 6) is -1.49. The van der Waals surface area contributed by atoms with Gasteiger partial charge in [-0.2, -0.15) is 0 Å². The molecule has 0 radical (unpaired) electrons. The number of nitro benzene ring substituents is 1. The first kappa shape index (κ1) is 25.0. The lowest BCUT2D eigenvalue weighted by atomic mass is 10.2. The van der Waals surface area contributed by atoms with Crippen LogP contribution in [0.4, 0.5) is 5.69 Å². The quantitative estimate of drug-likeness (QED) is 0.298. The van der Waals surface area contributed by atoms with Crippen LogP contribution in [-0.2, 0) is 19.4 Å². The van der Waals surface area contributed by atoms with E-state index >= 15 is 0 Å². The summed E-state index contributed by atoms with van der Waals surface area (Å²) in [6, 6.07) is 10.3. The van der Waals surface area contributed by atoms with E-state index in [-0.39, 0.29) is 29.3 Å². The number of carbonyl (C=O) groups excluding carboxylic acids is 2. The smallest absolute Gasteiger partial charge is 0.338 e. The number of hydrogen-bond donors (Lipinski definition) is 0. The summed E-state index contributed by atoms with van der Waals surface area (Å²) in [6.07, 6.45) is 0.342. The molecule has 3 rings (SSSR count). The summed E-state index contributed by atoms with van der Waals surface area (Å²) in [5, 5.41) is 12.1. The fourth-order valence-corrected chi connectivity index (χ4v) is 6.21. The number of likely N-dealkylation sites (N-methyl/N-ethyl adjacent to an activating group) is 1. The first-order valence-electron chi connectivity index (χ1n) is 9.98. The third kappa shape index (κ3) is 6.46. The molecule has 0 unspecified atom stereocenters. The normalized spacial score (nSPS) is 16.8. The standard InChI is InChI=1S/C21H21ClN2O7S2/c1-2-23(16-9-10-33(29,30)13-16)20(25)12-31-21(26)14-3-8-19(18(11-14)24(27)28)32-17-6-4-15(22)5-7-17/h3-8,11,16H,2,9-10,12-13H2,1H3/t16-/m0/s1. The van der Waals surface area contributed by atoms with E-state index in [4.69, 9.17) is 16.3 Å². The monoisotopic (exact) mass is 512 g/mol. The Balaban J connectivity index is 1.68. The van der Waals surface area contributed by atoms with E-state index in [0.29, 0.717) is 16.3 Å². The van der Waals surface area contributed by atoms with Crippen molar-refractivity contribution in [1.29, 1.82) is 0 Å². The minimum atomic E-state index is -3.17. The molecule has 1 aliphatic rings. The van der Waals surface area contributed by atoms with Gasteiger partial charge in [-0.3, -0.25) is 14.9 Å². The molecule has 0 bridgehead atoms. The van der Waals surface area contributed by atoms with E-state index in [1.165, 1.54) is 17.0 Å². The maximum atomic E-state index is 12.5. The number of benzene rings is 2. The number of halogens is 1. The summed E-state index contributed by atoms with van der Waals surface area (Å²) >= 11 is 7.01. The molecule has 33 heavy (non-hydrogen) atoms. The van der Waals surface area contributed by atoms with Crippen LogP contribution >= 0.6 is 23.4 Å². The van der Waals surface area contributed by atoms with E-state index in [0.717, 1.165) is 22.7 Å². The van der Waals surface area contributed by atoms with Gasteiger partial charge in [0, 0.05) is 28.6 Å². The molecule has 1 saturated heterocycles. The van der Waals surface area contributed by atoms with Gasteiger partial charge < -0.3 is 9.64 Å². The van der Waals surface area contributed by atoms with Gasteiger partial charge in [0.05, 0.1) is 26.9 Å². The van der Waals surface area contributed by atoms with Crippen LogP contribution in [0.25, 0.3) is 0 Å².